The molecule has 1 heterocycles. The number of ketones is 1. The summed E-state index contributed by atoms with van der Waals surface area (Å²) in [6.07, 6.45) is 1.58. The Balaban J connectivity index is 2.54. The van der Waals surface area contributed by atoms with Gasteiger partial charge in [-0.25, -0.2) is 0 Å². The van der Waals surface area contributed by atoms with E-state index in [-0.39, 0.29) is 5.56 Å². The van der Waals surface area contributed by atoms with Gasteiger partial charge in [0.15, 0.2) is 0 Å². The second-order valence-electron chi connectivity index (χ2n) is 2.87. The molecule has 0 spiro atoms. The predicted octanol–water partition coefficient (Wildman–Crippen LogP) is 0.231. The Hall–Kier alpha value is -2.17. The zero-order valence-electron chi connectivity index (χ0n) is 7.15. The lowest BCUT2D eigenvalue weighted by Gasteiger charge is -1.95. The summed E-state index contributed by atoms with van der Waals surface area (Å²) in [5.74, 6) is -1.64. The van der Waals surface area contributed by atoms with Crippen LogP contribution in [0.15, 0.2) is 24.4 Å². The van der Waals surface area contributed by atoms with Gasteiger partial charge in [-0.3, -0.25) is 14.7 Å². The Kier molecular flexibility index (Phi) is 1.78. The summed E-state index contributed by atoms with van der Waals surface area (Å²) < 4.78 is 0. The van der Waals surface area contributed by atoms with Gasteiger partial charge in [-0.05, 0) is 18.2 Å². The van der Waals surface area contributed by atoms with Gasteiger partial charge in [-0.1, -0.05) is 0 Å². The van der Waals surface area contributed by atoms with Gasteiger partial charge in [0.2, 0.25) is 5.78 Å². The highest BCUT2D eigenvalue weighted by atomic mass is 16.2. The lowest BCUT2D eigenvalue weighted by Crippen LogP contribution is -2.22. The summed E-state index contributed by atoms with van der Waals surface area (Å²) in [6, 6.07) is 4.79. The van der Waals surface area contributed by atoms with E-state index in [1.807, 2.05) is 0 Å². The van der Waals surface area contributed by atoms with Crippen LogP contribution in [0.4, 0.5) is 0 Å². The number of H-pyrrole nitrogens is 1. The number of benzene rings is 1. The van der Waals surface area contributed by atoms with Gasteiger partial charge >= 0.3 is 0 Å². The van der Waals surface area contributed by atoms with Crippen molar-refractivity contribution in [2.45, 2.75) is 0 Å². The Morgan fingerprint density at radius 2 is 2.14 bits per heavy atom. The number of hydrogen-bond acceptors (Lipinski definition) is 3. The molecule has 70 valence electrons. The average Bonchev–Trinajstić information content (AvgIpc) is 2.62. The van der Waals surface area contributed by atoms with E-state index in [1.54, 1.807) is 18.3 Å². The van der Waals surface area contributed by atoms with Gasteiger partial charge in [-0.2, -0.15) is 5.10 Å². The molecular weight excluding hydrogens is 182 g/mol. The van der Waals surface area contributed by atoms with Gasteiger partial charge in [0.1, 0.15) is 0 Å². The number of fused-ring (bicyclic) bond motifs is 1. The van der Waals surface area contributed by atoms with Crippen LogP contribution < -0.4 is 5.73 Å². The summed E-state index contributed by atoms with van der Waals surface area (Å²) in [5, 5.41) is 7.31. The molecule has 0 aliphatic heterocycles. The number of carbonyl (C=O) groups excluding carboxylic acids is 2. The van der Waals surface area contributed by atoms with Crippen molar-refractivity contribution in [2.24, 2.45) is 5.73 Å². The van der Waals surface area contributed by atoms with E-state index >= 15 is 0 Å². The van der Waals surface area contributed by atoms with E-state index < -0.39 is 11.7 Å². The fraction of sp³-hybridized carbons (Fsp3) is 0. The Bertz CT molecular complexity index is 516. The fourth-order valence-electron chi connectivity index (χ4n) is 1.23. The maximum Gasteiger partial charge on any atom is 0.289 e. The Morgan fingerprint density at radius 3 is 2.86 bits per heavy atom. The summed E-state index contributed by atoms with van der Waals surface area (Å²) in [6.45, 7) is 0. The minimum Gasteiger partial charge on any atom is -0.363 e. The minimum absolute atomic E-state index is 0.284. The van der Waals surface area contributed by atoms with Crippen LogP contribution in [0.25, 0.3) is 10.9 Å². The first-order chi connectivity index (χ1) is 6.68. The highest BCUT2D eigenvalue weighted by Gasteiger charge is 2.12. The maximum absolute atomic E-state index is 11.2. The van der Waals surface area contributed by atoms with Crippen LogP contribution in [0.5, 0.6) is 0 Å². The number of rotatable bonds is 2. The van der Waals surface area contributed by atoms with E-state index in [9.17, 15) is 9.59 Å². The van der Waals surface area contributed by atoms with Crippen molar-refractivity contribution in [2.75, 3.05) is 0 Å². The van der Waals surface area contributed by atoms with Crippen molar-refractivity contribution in [3.05, 3.63) is 30.0 Å². The molecule has 0 fully saturated rings. The number of Topliss-reactive ketones (excluding diaryl/α,β-unsaturated/α-hetero) is 1. The summed E-state index contributed by atoms with van der Waals surface area (Å²) in [7, 11) is 0. The lowest BCUT2D eigenvalue weighted by molar-refractivity contribution is -0.114. The van der Waals surface area contributed by atoms with Gasteiger partial charge in [0, 0.05) is 10.9 Å². The Labute approximate surface area is 78.9 Å². The van der Waals surface area contributed by atoms with Crippen LogP contribution in [-0.4, -0.2) is 21.9 Å². The summed E-state index contributed by atoms with van der Waals surface area (Å²) in [5.41, 5.74) is 5.97. The molecule has 1 amide bonds. The van der Waals surface area contributed by atoms with Crippen molar-refractivity contribution in [3.63, 3.8) is 0 Å². The largest absolute Gasteiger partial charge is 0.363 e. The van der Waals surface area contributed by atoms with Crippen molar-refractivity contribution >= 4 is 22.6 Å². The number of aromatic amines is 1. The van der Waals surface area contributed by atoms with Crippen LogP contribution in [0.1, 0.15) is 10.4 Å². The predicted molar refractivity (Wildman–Crippen MR) is 49.6 cm³/mol. The molecule has 0 bridgehead atoms. The molecule has 0 radical (unpaired) electrons. The Morgan fingerprint density at radius 1 is 1.36 bits per heavy atom. The molecular formula is C9H7N3O2. The number of hydrogen-bond donors (Lipinski definition) is 2. The highest BCUT2D eigenvalue weighted by molar-refractivity contribution is 6.42. The van der Waals surface area contributed by atoms with Crippen LogP contribution in [0, 0.1) is 0 Å². The first kappa shape index (κ1) is 8.43. The topological polar surface area (TPSA) is 88.8 Å². The van der Waals surface area contributed by atoms with Crippen LogP contribution >= 0.6 is 0 Å². The van der Waals surface area contributed by atoms with E-state index in [1.165, 1.54) is 6.07 Å². The minimum atomic E-state index is -0.951. The van der Waals surface area contributed by atoms with Crippen LogP contribution in [0.3, 0.4) is 0 Å². The molecule has 3 N–H and O–H groups in total. The third kappa shape index (κ3) is 1.24. The molecule has 0 aliphatic rings. The van der Waals surface area contributed by atoms with Crippen molar-refractivity contribution in [3.8, 4) is 0 Å². The van der Waals surface area contributed by atoms with E-state index in [0.717, 1.165) is 10.9 Å². The lowest BCUT2D eigenvalue weighted by atomic mass is 10.1. The van der Waals surface area contributed by atoms with E-state index in [2.05, 4.69) is 10.2 Å². The number of amides is 1. The van der Waals surface area contributed by atoms with Crippen molar-refractivity contribution < 1.29 is 9.59 Å². The third-order valence-corrected chi connectivity index (χ3v) is 1.93. The number of nitrogens with one attached hydrogen (secondary N) is 1. The molecule has 0 aliphatic carbocycles. The van der Waals surface area contributed by atoms with E-state index in [4.69, 9.17) is 5.73 Å². The molecule has 14 heavy (non-hydrogen) atoms. The SMILES string of the molecule is NC(=O)C(=O)c1ccc2[nH]ncc2c1. The monoisotopic (exact) mass is 189 g/mol. The molecule has 0 saturated carbocycles. The molecule has 2 rings (SSSR count). The smallest absolute Gasteiger partial charge is 0.289 e. The average molecular weight is 189 g/mol. The van der Waals surface area contributed by atoms with Gasteiger partial charge in [0.05, 0.1) is 11.7 Å². The fourth-order valence-corrected chi connectivity index (χ4v) is 1.23. The normalized spacial score (nSPS) is 10.3. The standard InChI is InChI=1S/C9H7N3O2/c10-9(14)8(13)5-1-2-7-6(3-5)4-11-12-7/h1-4H,(H2,10,14)(H,11,12). The second kappa shape index (κ2) is 2.95. The third-order valence-electron chi connectivity index (χ3n) is 1.93. The number of nitrogens with two attached hydrogens (primary N) is 1. The molecule has 2 aromatic rings. The number of carbonyl (C=O) groups is 2. The molecule has 0 unspecified atom stereocenters. The number of aromatic nitrogens is 2. The van der Waals surface area contributed by atoms with Gasteiger partial charge in [-0.15, -0.1) is 0 Å². The van der Waals surface area contributed by atoms with Crippen LogP contribution in [0.2, 0.25) is 0 Å². The summed E-state index contributed by atoms with van der Waals surface area (Å²) >= 11 is 0. The quantitative estimate of drug-likeness (QED) is 0.523. The second-order valence-corrected chi connectivity index (χ2v) is 2.87. The van der Waals surface area contributed by atoms with Crippen molar-refractivity contribution in [1.29, 1.82) is 0 Å². The zero-order chi connectivity index (χ0) is 10.1. The van der Waals surface area contributed by atoms with Crippen LogP contribution in [-0.2, 0) is 4.79 Å². The molecule has 0 atom stereocenters. The van der Waals surface area contributed by atoms with Crippen molar-refractivity contribution in [1.82, 2.24) is 10.2 Å². The maximum atomic E-state index is 11.2. The van der Waals surface area contributed by atoms with Gasteiger partial charge < -0.3 is 5.73 Å². The zero-order valence-corrected chi connectivity index (χ0v) is 7.15. The molecule has 5 nitrogen and oxygen atoms in total. The summed E-state index contributed by atoms with van der Waals surface area (Å²) in [4.78, 5) is 21.8. The first-order valence-corrected chi connectivity index (χ1v) is 3.96. The van der Waals surface area contributed by atoms with E-state index in [0.29, 0.717) is 0 Å². The van der Waals surface area contributed by atoms with Gasteiger partial charge in [0.25, 0.3) is 5.91 Å². The number of primary amides is 1. The molecule has 0 saturated heterocycles. The molecule has 1 aromatic heterocycles. The first-order valence-electron chi connectivity index (χ1n) is 3.96. The molecule has 5 heteroatoms. The highest BCUT2D eigenvalue weighted by Crippen LogP contribution is 2.12. The molecule has 1 aromatic carbocycles. The number of nitrogens with zero attached hydrogens (tertiary/aromatic N) is 1.